The molecule has 3 aliphatic carbocycles. The molecule has 2 atom stereocenters. The highest BCUT2D eigenvalue weighted by Crippen LogP contribution is 2.47. The highest BCUT2D eigenvalue weighted by atomic mass is 19.4. The minimum atomic E-state index is -4.61. The number of nitrogens with one attached hydrogen (secondary N) is 1. The van der Waals surface area contributed by atoms with Gasteiger partial charge in [0.2, 0.25) is 0 Å². The third-order valence-electron chi connectivity index (χ3n) is 9.10. The van der Waals surface area contributed by atoms with Crippen molar-refractivity contribution in [1.29, 1.82) is 0 Å². The first kappa shape index (κ1) is 28.3. The standard InChI is InChI=1S/C32H30F4N6O2/c1-3-44-31(43)26-18-8-10-19(11-9-18)27(26)38-29-25-12-20(32(34,35)36)15-42(25)40-28(39-29)23-16-41(24-7-5-4-6-17(24)2)30-22(23)13-21(33)14-37-30/h4-7,12-16,18-19,26-27H,3,8-11H2,1-2H3,(H,38,39,40)/t18?,19?,26-,27-/m1/s1. The molecule has 5 aromatic rings. The third-order valence-corrected chi connectivity index (χ3v) is 9.10. The number of benzene rings is 1. The predicted molar refractivity (Wildman–Crippen MR) is 156 cm³/mol. The maximum Gasteiger partial charge on any atom is 0.417 e. The fourth-order valence-corrected chi connectivity index (χ4v) is 7.04. The molecular weight excluding hydrogens is 576 g/mol. The van der Waals surface area contributed by atoms with Crippen LogP contribution in [0.4, 0.5) is 23.4 Å². The highest BCUT2D eigenvalue weighted by Gasteiger charge is 2.48. The number of ether oxygens (including phenoxy) is 1. The lowest BCUT2D eigenvalue weighted by molar-refractivity contribution is -0.154. The molecule has 3 fully saturated rings. The number of halogens is 4. The summed E-state index contributed by atoms with van der Waals surface area (Å²) >= 11 is 0. The van der Waals surface area contributed by atoms with Gasteiger partial charge in [-0.3, -0.25) is 4.79 Å². The minimum Gasteiger partial charge on any atom is -0.466 e. The molecule has 0 saturated heterocycles. The maximum atomic E-state index is 14.6. The van der Waals surface area contributed by atoms with Crippen molar-refractivity contribution in [3.05, 3.63) is 71.9 Å². The Morgan fingerprint density at radius 1 is 1.09 bits per heavy atom. The van der Waals surface area contributed by atoms with Gasteiger partial charge in [0.1, 0.15) is 17.0 Å². The Morgan fingerprint density at radius 3 is 2.57 bits per heavy atom. The Bertz CT molecular complexity index is 1890. The Labute approximate surface area is 250 Å². The quantitative estimate of drug-likeness (QED) is 0.166. The Kier molecular flexibility index (Phi) is 6.82. The lowest BCUT2D eigenvalue weighted by Crippen LogP contribution is -2.52. The van der Waals surface area contributed by atoms with Gasteiger partial charge in [-0.25, -0.2) is 18.9 Å². The van der Waals surface area contributed by atoms with Gasteiger partial charge < -0.3 is 14.6 Å². The summed E-state index contributed by atoms with van der Waals surface area (Å²) in [6.45, 7) is 3.93. The highest BCUT2D eigenvalue weighted by molar-refractivity contribution is 5.94. The number of pyridine rings is 1. The van der Waals surface area contributed by atoms with Gasteiger partial charge in [-0.15, -0.1) is 5.10 Å². The SMILES string of the molecule is CCOC(=O)[C@@H]1C2CCC(CC2)[C@H]1Nc1nc(-c2cn(-c3ccccc3C)c3ncc(F)cc23)nn2cc(C(F)(F)F)cc12. The number of carbonyl (C=O) groups is 1. The van der Waals surface area contributed by atoms with Crippen LogP contribution in [0.5, 0.6) is 0 Å². The molecule has 12 heteroatoms. The number of fused-ring (bicyclic) bond motifs is 5. The molecule has 0 aliphatic heterocycles. The van der Waals surface area contributed by atoms with Gasteiger partial charge in [-0.2, -0.15) is 13.2 Å². The zero-order valence-corrected chi connectivity index (χ0v) is 24.1. The first-order valence-electron chi connectivity index (χ1n) is 14.8. The smallest absolute Gasteiger partial charge is 0.417 e. The van der Waals surface area contributed by atoms with Gasteiger partial charge in [-0.05, 0) is 75.1 Å². The van der Waals surface area contributed by atoms with Crippen molar-refractivity contribution >= 4 is 28.3 Å². The van der Waals surface area contributed by atoms with Crippen molar-refractivity contribution < 1.29 is 27.1 Å². The van der Waals surface area contributed by atoms with Gasteiger partial charge in [0.25, 0.3) is 0 Å². The van der Waals surface area contributed by atoms with Gasteiger partial charge in [0.15, 0.2) is 11.6 Å². The molecule has 0 unspecified atom stereocenters. The van der Waals surface area contributed by atoms with Gasteiger partial charge >= 0.3 is 12.1 Å². The number of hydrogen-bond acceptors (Lipinski definition) is 6. The van der Waals surface area contributed by atoms with Crippen LogP contribution in [0.15, 0.2) is 55.0 Å². The van der Waals surface area contributed by atoms with E-state index in [0.29, 0.717) is 16.6 Å². The lowest BCUT2D eigenvalue weighted by Gasteiger charge is -2.47. The summed E-state index contributed by atoms with van der Waals surface area (Å²) in [5.41, 5.74) is 1.83. The molecule has 8 rings (SSSR count). The van der Waals surface area contributed by atoms with Crippen LogP contribution in [0.1, 0.15) is 43.7 Å². The second-order valence-electron chi connectivity index (χ2n) is 11.7. The lowest BCUT2D eigenvalue weighted by atomic mass is 9.61. The molecular formula is C32H30F4N6O2. The van der Waals surface area contributed by atoms with Crippen LogP contribution in [0.3, 0.4) is 0 Å². The summed E-state index contributed by atoms with van der Waals surface area (Å²) in [4.78, 5) is 22.2. The molecule has 3 saturated carbocycles. The first-order valence-corrected chi connectivity index (χ1v) is 14.8. The first-order chi connectivity index (χ1) is 21.1. The normalized spacial score (nSPS) is 21.7. The topological polar surface area (TPSA) is 86.3 Å². The van der Waals surface area contributed by atoms with Crippen LogP contribution < -0.4 is 5.32 Å². The number of hydrogen-bond donors (Lipinski definition) is 1. The van der Waals surface area contributed by atoms with Gasteiger partial charge in [0, 0.05) is 35.1 Å². The summed E-state index contributed by atoms with van der Waals surface area (Å²) in [5, 5.41) is 8.28. The molecule has 1 N–H and O–H groups in total. The fourth-order valence-electron chi connectivity index (χ4n) is 7.04. The van der Waals surface area contributed by atoms with E-state index in [1.807, 2.05) is 31.2 Å². The van der Waals surface area contributed by atoms with Gasteiger partial charge in [0.05, 0.1) is 24.3 Å². The maximum absolute atomic E-state index is 14.6. The number of anilines is 1. The Morgan fingerprint density at radius 2 is 1.84 bits per heavy atom. The largest absolute Gasteiger partial charge is 0.466 e. The molecule has 0 radical (unpaired) electrons. The number of carbonyl (C=O) groups excluding carboxylic acids is 1. The van der Waals surface area contributed by atoms with Crippen LogP contribution in [0.25, 0.3) is 33.6 Å². The van der Waals surface area contributed by atoms with E-state index in [1.165, 1.54) is 6.07 Å². The number of aryl methyl sites for hydroxylation is 1. The molecule has 0 amide bonds. The Hall–Kier alpha value is -4.48. The van der Waals surface area contributed by atoms with Crippen LogP contribution >= 0.6 is 0 Å². The molecule has 228 valence electrons. The zero-order chi connectivity index (χ0) is 30.7. The van der Waals surface area contributed by atoms with E-state index in [1.54, 1.807) is 17.7 Å². The monoisotopic (exact) mass is 606 g/mol. The van der Waals surface area contributed by atoms with Crippen LogP contribution in [-0.4, -0.2) is 42.8 Å². The van der Waals surface area contributed by atoms with E-state index < -0.39 is 23.5 Å². The van der Waals surface area contributed by atoms with Crippen molar-refractivity contribution in [2.45, 2.75) is 51.7 Å². The molecule has 0 spiro atoms. The number of esters is 1. The second kappa shape index (κ2) is 10.6. The molecule has 2 bridgehead atoms. The minimum absolute atomic E-state index is 0.0858. The number of para-hydroxylation sites is 1. The zero-order valence-electron chi connectivity index (χ0n) is 24.1. The second-order valence-corrected chi connectivity index (χ2v) is 11.7. The molecule has 4 aromatic heterocycles. The van der Waals surface area contributed by atoms with E-state index in [4.69, 9.17) is 9.72 Å². The van der Waals surface area contributed by atoms with Crippen molar-refractivity contribution in [2.75, 3.05) is 11.9 Å². The molecule has 1 aromatic carbocycles. The molecule has 4 heterocycles. The summed E-state index contributed by atoms with van der Waals surface area (Å²) in [6, 6.07) is 9.56. The summed E-state index contributed by atoms with van der Waals surface area (Å²) in [6.07, 6.45) is 2.74. The number of rotatable bonds is 6. The number of nitrogens with zero attached hydrogens (tertiary/aromatic N) is 5. The van der Waals surface area contributed by atoms with E-state index in [0.717, 1.165) is 59.9 Å². The Balaban J connectivity index is 1.41. The third kappa shape index (κ3) is 4.76. The fraction of sp³-hybridized carbons (Fsp3) is 0.375. The van der Waals surface area contributed by atoms with Gasteiger partial charge in [-0.1, -0.05) is 18.2 Å². The summed E-state index contributed by atoms with van der Waals surface area (Å²) in [5.74, 6) is -0.824. The van der Waals surface area contributed by atoms with E-state index in [-0.39, 0.29) is 47.6 Å². The molecule has 8 nitrogen and oxygen atoms in total. The number of alkyl halides is 3. The number of aromatic nitrogens is 5. The van der Waals surface area contributed by atoms with Crippen molar-refractivity contribution in [3.63, 3.8) is 0 Å². The van der Waals surface area contributed by atoms with Crippen molar-refractivity contribution in [2.24, 2.45) is 17.8 Å². The summed E-state index contributed by atoms with van der Waals surface area (Å²) < 4.78 is 64.7. The average molecular weight is 607 g/mol. The van der Waals surface area contributed by atoms with Crippen LogP contribution in [0, 0.1) is 30.5 Å². The van der Waals surface area contributed by atoms with E-state index in [9.17, 15) is 22.4 Å². The molecule has 44 heavy (non-hydrogen) atoms. The van der Waals surface area contributed by atoms with Crippen molar-refractivity contribution in [3.8, 4) is 17.1 Å². The van der Waals surface area contributed by atoms with Crippen molar-refractivity contribution in [1.82, 2.24) is 24.1 Å². The van der Waals surface area contributed by atoms with E-state index in [2.05, 4.69) is 15.4 Å². The predicted octanol–water partition coefficient (Wildman–Crippen LogP) is 6.98. The van der Waals surface area contributed by atoms with Crippen LogP contribution in [-0.2, 0) is 15.7 Å². The van der Waals surface area contributed by atoms with Crippen LogP contribution in [0.2, 0.25) is 0 Å². The average Bonchev–Trinajstić information content (AvgIpc) is 3.60. The summed E-state index contributed by atoms with van der Waals surface area (Å²) in [7, 11) is 0. The van der Waals surface area contributed by atoms with E-state index >= 15 is 0 Å². The molecule has 3 aliphatic rings.